The number of amides is 3. The third-order valence-electron chi connectivity index (χ3n) is 4.02. The molecule has 2 rings (SSSR count). The number of rotatable bonds is 3. The second kappa shape index (κ2) is 7.81. The van der Waals surface area contributed by atoms with Crippen LogP contribution in [-0.4, -0.2) is 62.0 Å². The first kappa shape index (κ1) is 17.8. The van der Waals surface area contributed by atoms with Gasteiger partial charge in [0.05, 0.1) is 18.6 Å². The Hall–Kier alpha value is -2.57. The number of methoxy groups -OCH3 is 1. The fourth-order valence-electron chi connectivity index (χ4n) is 2.70. The highest BCUT2D eigenvalue weighted by atomic mass is 16.5. The predicted octanol–water partition coefficient (Wildman–Crippen LogP) is 1.81. The monoisotopic (exact) mass is 333 g/mol. The molecule has 7 heteroatoms. The van der Waals surface area contributed by atoms with Crippen molar-refractivity contribution in [3.8, 4) is 0 Å². The van der Waals surface area contributed by atoms with Crippen LogP contribution in [0.25, 0.3) is 0 Å². The van der Waals surface area contributed by atoms with Gasteiger partial charge in [-0.1, -0.05) is 0 Å². The van der Waals surface area contributed by atoms with Crippen LogP contribution in [0.15, 0.2) is 24.3 Å². The minimum atomic E-state index is -0.419. The zero-order valence-corrected chi connectivity index (χ0v) is 14.2. The number of nitrogens with zero attached hydrogens (tertiary/aromatic N) is 2. The lowest BCUT2D eigenvalue weighted by Gasteiger charge is -2.33. The largest absolute Gasteiger partial charge is 0.465 e. The average molecular weight is 333 g/mol. The Balaban J connectivity index is 1.96. The van der Waals surface area contributed by atoms with Gasteiger partial charge in [-0.05, 0) is 37.1 Å². The van der Waals surface area contributed by atoms with E-state index < -0.39 is 5.97 Å². The SMILES string of the molecule is COC(=O)c1ccc(NC(=O)[C@H]2CCCN(C(=O)N(C)C)C2)cc1. The molecule has 0 aliphatic carbocycles. The van der Waals surface area contributed by atoms with E-state index in [-0.39, 0.29) is 17.9 Å². The van der Waals surface area contributed by atoms with E-state index in [9.17, 15) is 14.4 Å². The van der Waals surface area contributed by atoms with Crippen LogP contribution in [0.4, 0.5) is 10.5 Å². The molecule has 1 aliphatic rings. The van der Waals surface area contributed by atoms with Crippen LogP contribution in [0.5, 0.6) is 0 Å². The summed E-state index contributed by atoms with van der Waals surface area (Å²) >= 11 is 0. The summed E-state index contributed by atoms with van der Waals surface area (Å²) in [6.45, 7) is 1.09. The van der Waals surface area contributed by atoms with Crippen LogP contribution in [0.2, 0.25) is 0 Å². The maximum atomic E-state index is 12.4. The quantitative estimate of drug-likeness (QED) is 0.856. The second-order valence-electron chi connectivity index (χ2n) is 6.02. The van der Waals surface area contributed by atoms with E-state index in [2.05, 4.69) is 10.1 Å². The van der Waals surface area contributed by atoms with Gasteiger partial charge in [-0.3, -0.25) is 4.79 Å². The molecule has 0 spiro atoms. The number of esters is 1. The summed E-state index contributed by atoms with van der Waals surface area (Å²) < 4.78 is 4.64. The molecule has 1 atom stereocenters. The lowest BCUT2D eigenvalue weighted by atomic mass is 9.97. The van der Waals surface area contributed by atoms with Gasteiger partial charge in [0.1, 0.15) is 0 Å². The highest BCUT2D eigenvalue weighted by Gasteiger charge is 2.29. The van der Waals surface area contributed by atoms with Crippen molar-refractivity contribution in [2.45, 2.75) is 12.8 Å². The van der Waals surface area contributed by atoms with Crippen LogP contribution in [0.3, 0.4) is 0 Å². The highest BCUT2D eigenvalue weighted by molar-refractivity contribution is 5.94. The number of urea groups is 1. The zero-order chi connectivity index (χ0) is 17.7. The molecule has 0 aromatic heterocycles. The third-order valence-corrected chi connectivity index (χ3v) is 4.02. The van der Waals surface area contributed by atoms with Crippen molar-refractivity contribution >= 4 is 23.6 Å². The molecule has 1 heterocycles. The predicted molar refractivity (Wildman–Crippen MR) is 89.8 cm³/mol. The fraction of sp³-hybridized carbons (Fsp3) is 0.471. The van der Waals surface area contributed by atoms with E-state index in [1.165, 1.54) is 12.0 Å². The first-order chi connectivity index (χ1) is 11.4. The Labute approximate surface area is 141 Å². The summed E-state index contributed by atoms with van der Waals surface area (Å²) in [6, 6.07) is 6.45. The number of piperidine rings is 1. The van der Waals surface area contributed by atoms with Crippen molar-refractivity contribution in [1.82, 2.24) is 9.80 Å². The van der Waals surface area contributed by atoms with Crippen molar-refractivity contribution < 1.29 is 19.1 Å². The summed E-state index contributed by atoms with van der Waals surface area (Å²) in [7, 11) is 4.73. The standard InChI is InChI=1S/C17H23N3O4/c1-19(2)17(23)20-10-4-5-13(11-20)15(21)18-14-8-6-12(7-9-14)16(22)24-3/h6-9,13H,4-5,10-11H2,1-3H3,(H,18,21)/t13-/m0/s1. The van der Waals surface area contributed by atoms with E-state index in [0.717, 1.165) is 12.8 Å². The van der Waals surface area contributed by atoms with E-state index in [1.54, 1.807) is 43.3 Å². The number of ether oxygens (including phenoxy) is 1. The molecule has 1 saturated heterocycles. The Morgan fingerprint density at radius 3 is 2.46 bits per heavy atom. The number of likely N-dealkylation sites (tertiary alicyclic amines) is 1. The third kappa shape index (κ3) is 4.24. The normalized spacial score (nSPS) is 17.1. The van der Waals surface area contributed by atoms with Crippen LogP contribution < -0.4 is 5.32 Å². The van der Waals surface area contributed by atoms with Gasteiger partial charge in [-0.2, -0.15) is 0 Å². The summed E-state index contributed by atoms with van der Waals surface area (Å²) in [6.07, 6.45) is 1.56. The Bertz CT molecular complexity index is 613. The molecule has 7 nitrogen and oxygen atoms in total. The Morgan fingerprint density at radius 1 is 1.21 bits per heavy atom. The molecule has 3 amide bonds. The number of carbonyl (C=O) groups is 3. The van der Waals surface area contributed by atoms with Crippen molar-refractivity contribution in [3.63, 3.8) is 0 Å². The first-order valence-corrected chi connectivity index (χ1v) is 7.88. The van der Waals surface area contributed by atoms with Crippen LogP contribution >= 0.6 is 0 Å². The summed E-state index contributed by atoms with van der Waals surface area (Å²) in [5, 5.41) is 2.84. The van der Waals surface area contributed by atoms with Gasteiger partial charge in [-0.25, -0.2) is 9.59 Å². The summed E-state index contributed by atoms with van der Waals surface area (Å²) in [4.78, 5) is 39.1. The molecular formula is C17H23N3O4. The van der Waals surface area contributed by atoms with E-state index >= 15 is 0 Å². The van der Waals surface area contributed by atoms with Crippen molar-refractivity contribution in [1.29, 1.82) is 0 Å². The number of hydrogen-bond acceptors (Lipinski definition) is 4. The average Bonchev–Trinajstić information content (AvgIpc) is 2.61. The van der Waals surface area contributed by atoms with Gasteiger partial charge in [0, 0.05) is 32.9 Å². The van der Waals surface area contributed by atoms with E-state index in [0.29, 0.717) is 24.3 Å². The van der Waals surface area contributed by atoms with Gasteiger partial charge in [0.25, 0.3) is 0 Å². The Kier molecular flexibility index (Phi) is 5.78. The zero-order valence-electron chi connectivity index (χ0n) is 14.2. The van der Waals surface area contributed by atoms with Gasteiger partial charge in [-0.15, -0.1) is 0 Å². The molecule has 1 N–H and O–H groups in total. The molecule has 24 heavy (non-hydrogen) atoms. The first-order valence-electron chi connectivity index (χ1n) is 7.88. The molecule has 0 saturated carbocycles. The van der Waals surface area contributed by atoms with Gasteiger partial charge >= 0.3 is 12.0 Å². The van der Waals surface area contributed by atoms with Gasteiger partial charge in [0.15, 0.2) is 0 Å². The molecule has 1 aliphatic heterocycles. The van der Waals surface area contributed by atoms with Gasteiger partial charge < -0.3 is 19.9 Å². The van der Waals surface area contributed by atoms with Crippen LogP contribution in [-0.2, 0) is 9.53 Å². The molecular weight excluding hydrogens is 310 g/mol. The van der Waals surface area contributed by atoms with Crippen molar-refractivity contribution in [2.24, 2.45) is 5.92 Å². The van der Waals surface area contributed by atoms with Gasteiger partial charge in [0.2, 0.25) is 5.91 Å². The number of hydrogen-bond donors (Lipinski definition) is 1. The Morgan fingerprint density at radius 2 is 1.88 bits per heavy atom. The number of carbonyl (C=O) groups excluding carboxylic acids is 3. The minimum Gasteiger partial charge on any atom is -0.465 e. The highest BCUT2D eigenvalue weighted by Crippen LogP contribution is 2.20. The van der Waals surface area contributed by atoms with Crippen LogP contribution in [0, 0.1) is 5.92 Å². The molecule has 130 valence electrons. The topological polar surface area (TPSA) is 79.0 Å². The molecule has 0 radical (unpaired) electrons. The number of anilines is 1. The molecule has 0 bridgehead atoms. The minimum absolute atomic E-state index is 0.0741. The van der Waals surface area contributed by atoms with Crippen molar-refractivity contribution in [3.05, 3.63) is 29.8 Å². The maximum absolute atomic E-state index is 12.4. The smallest absolute Gasteiger partial charge is 0.337 e. The second-order valence-corrected chi connectivity index (χ2v) is 6.02. The number of benzene rings is 1. The summed E-state index contributed by atoms with van der Waals surface area (Å²) in [5.74, 6) is -0.766. The fourth-order valence-corrected chi connectivity index (χ4v) is 2.70. The van der Waals surface area contributed by atoms with E-state index in [4.69, 9.17) is 0 Å². The van der Waals surface area contributed by atoms with E-state index in [1.807, 2.05) is 0 Å². The van der Waals surface area contributed by atoms with Crippen molar-refractivity contribution in [2.75, 3.05) is 39.6 Å². The van der Waals surface area contributed by atoms with Crippen LogP contribution in [0.1, 0.15) is 23.2 Å². The lowest BCUT2D eigenvalue weighted by molar-refractivity contribution is -0.121. The molecule has 0 unspecified atom stereocenters. The maximum Gasteiger partial charge on any atom is 0.337 e. The number of nitrogens with one attached hydrogen (secondary N) is 1. The molecule has 1 fully saturated rings. The molecule has 1 aromatic carbocycles. The summed E-state index contributed by atoms with van der Waals surface area (Å²) in [5.41, 5.74) is 1.04. The lowest BCUT2D eigenvalue weighted by Crippen LogP contribution is -2.47. The molecule has 1 aromatic rings.